The Balaban J connectivity index is 2.09. The van der Waals surface area contributed by atoms with Gasteiger partial charge in [-0.05, 0) is 19.4 Å². The van der Waals surface area contributed by atoms with Gasteiger partial charge in [0, 0.05) is 37.4 Å². The summed E-state index contributed by atoms with van der Waals surface area (Å²) in [5.74, 6) is -0.0747. The van der Waals surface area contributed by atoms with Gasteiger partial charge in [0.15, 0.2) is 0 Å². The average Bonchev–Trinajstić information content (AvgIpc) is 2.42. The number of aromatic nitrogens is 1. The highest BCUT2D eigenvalue weighted by Crippen LogP contribution is 2.45. The molecular formula is C15H22N2O3. The highest BCUT2D eigenvalue weighted by Gasteiger charge is 2.51. The number of hydrogen-bond donors (Lipinski definition) is 1. The SMILES string of the molecule is CCO[C@@H]1C[C@@H](N(C)C(=O)c2ccc(=O)[nH]c2)C1(C)C. The first-order valence-corrected chi connectivity index (χ1v) is 6.95. The molecule has 110 valence electrons. The molecule has 0 radical (unpaired) electrons. The van der Waals surface area contributed by atoms with Gasteiger partial charge in [0.2, 0.25) is 5.56 Å². The van der Waals surface area contributed by atoms with Gasteiger partial charge in [0.05, 0.1) is 11.7 Å². The smallest absolute Gasteiger partial charge is 0.255 e. The van der Waals surface area contributed by atoms with Gasteiger partial charge in [-0.15, -0.1) is 0 Å². The van der Waals surface area contributed by atoms with E-state index in [2.05, 4.69) is 18.8 Å². The van der Waals surface area contributed by atoms with Gasteiger partial charge in [0.25, 0.3) is 5.91 Å². The van der Waals surface area contributed by atoms with E-state index in [9.17, 15) is 9.59 Å². The summed E-state index contributed by atoms with van der Waals surface area (Å²) in [4.78, 5) is 27.7. The Hall–Kier alpha value is -1.62. The van der Waals surface area contributed by atoms with Crippen LogP contribution in [0.1, 0.15) is 37.6 Å². The van der Waals surface area contributed by atoms with Crippen LogP contribution in [0.15, 0.2) is 23.1 Å². The minimum atomic E-state index is -0.204. The third-order valence-corrected chi connectivity index (χ3v) is 4.31. The Morgan fingerprint density at radius 1 is 1.50 bits per heavy atom. The molecule has 1 fully saturated rings. The molecule has 0 aromatic carbocycles. The summed E-state index contributed by atoms with van der Waals surface area (Å²) in [6, 6.07) is 3.08. The van der Waals surface area contributed by atoms with E-state index in [1.54, 1.807) is 11.0 Å². The third-order valence-electron chi connectivity index (χ3n) is 4.31. The van der Waals surface area contributed by atoms with E-state index in [1.165, 1.54) is 12.3 Å². The number of nitrogens with one attached hydrogen (secondary N) is 1. The molecule has 0 spiro atoms. The zero-order chi connectivity index (χ0) is 14.9. The number of amides is 1. The number of aromatic amines is 1. The van der Waals surface area contributed by atoms with Crippen molar-refractivity contribution in [1.82, 2.24) is 9.88 Å². The van der Waals surface area contributed by atoms with E-state index >= 15 is 0 Å². The summed E-state index contributed by atoms with van der Waals surface area (Å²) in [7, 11) is 1.81. The lowest BCUT2D eigenvalue weighted by molar-refractivity contribution is -0.136. The zero-order valence-electron chi connectivity index (χ0n) is 12.5. The van der Waals surface area contributed by atoms with Crippen molar-refractivity contribution in [2.24, 2.45) is 5.41 Å². The Morgan fingerprint density at radius 3 is 2.70 bits per heavy atom. The molecule has 0 unspecified atom stereocenters. The van der Waals surface area contributed by atoms with Crippen molar-refractivity contribution in [2.45, 2.75) is 39.3 Å². The van der Waals surface area contributed by atoms with Crippen molar-refractivity contribution in [3.8, 4) is 0 Å². The average molecular weight is 278 g/mol. The second kappa shape index (κ2) is 5.40. The molecule has 1 N–H and O–H groups in total. The summed E-state index contributed by atoms with van der Waals surface area (Å²) >= 11 is 0. The van der Waals surface area contributed by atoms with Gasteiger partial charge in [-0.3, -0.25) is 9.59 Å². The minimum absolute atomic E-state index is 0.0530. The lowest BCUT2D eigenvalue weighted by Crippen LogP contribution is -2.62. The van der Waals surface area contributed by atoms with Gasteiger partial charge in [-0.1, -0.05) is 13.8 Å². The molecule has 20 heavy (non-hydrogen) atoms. The maximum Gasteiger partial charge on any atom is 0.255 e. The number of carbonyl (C=O) groups is 1. The summed E-state index contributed by atoms with van der Waals surface area (Å²) in [5.41, 5.74) is 0.246. The molecule has 5 nitrogen and oxygen atoms in total. The second-order valence-corrected chi connectivity index (χ2v) is 5.87. The zero-order valence-corrected chi connectivity index (χ0v) is 12.5. The molecule has 5 heteroatoms. The van der Waals surface area contributed by atoms with E-state index in [4.69, 9.17) is 4.74 Å². The van der Waals surface area contributed by atoms with Gasteiger partial charge < -0.3 is 14.6 Å². The van der Waals surface area contributed by atoms with Crippen LogP contribution < -0.4 is 5.56 Å². The maximum atomic E-state index is 12.4. The van der Waals surface area contributed by atoms with Crippen molar-refractivity contribution >= 4 is 5.91 Å². The molecule has 0 aliphatic heterocycles. The third kappa shape index (κ3) is 2.50. The summed E-state index contributed by atoms with van der Waals surface area (Å²) in [6.07, 6.45) is 2.52. The maximum absolute atomic E-state index is 12.4. The first-order chi connectivity index (χ1) is 9.37. The van der Waals surface area contributed by atoms with Crippen LogP contribution in [0.4, 0.5) is 0 Å². The van der Waals surface area contributed by atoms with Gasteiger partial charge >= 0.3 is 0 Å². The minimum Gasteiger partial charge on any atom is -0.378 e. The molecule has 1 aliphatic carbocycles. The molecule has 2 atom stereocenters. The Kier molecular flexibility index (Phi) is 3.99. The van der Waals surface area contributed by atoms with E-state index in [1.807, 2.05) is 14.0 Å². The molecule has 1 amide bonds. The van der Waals surface area contributed by atoms with Gasteiger partial charge in [0.1, 0.15) is 0 Å². The topological polar surface area (TPSA) is 62.4 Å². The monoisotopic (exact) mass is 278 g/mol. The number of rotatable bonds is 4. The summed E-state index contributed by atoms with van der Waals surface area (Å²) < 4.78 is 5.69. The van der Waals surface area contributed by atoms with Crippen LogP contribution in [0, 0.1) is 5.41 Å². The predicted octanol–water partition coefficient (Wildman–Crippen LogP) is 1.65. The number of hydrogen-bond acceptors (Lipinski definition) is 3. The van der Waals surface area contributed by atoms with Crippen LogP contribution in [0.5, 0.6) is 0 Å². The molecule has 1 saturated carbocycles. The van der Waals surface area contributed by atoms with Crippen molar-refractivity contribution < 1.29 is 9.53 Å². The molecular weight excluding hydrogens is 256 g/mol. The highest BCUT2D eigenvalue weighted by molar-refractivity contribution is 5.94. The van der Waals surface area contributed by atoms with E-state index in [0.29, 0.717) is 12.2 Å². The van der Waals surface area contributed by atoms with Crippen LogP contribution in [-0.4, -0.2) is 41.6 Å². The van der Waals surface area contributed by atoms with Crippen LogP contribution >= 0.6 is 0 Å². The van der Waals surface area contributed by atoms with Crippen LogP contribution in [0.3, 0.4) is 0 Å². The fourth-order valence-corrected chi connectivity index (χ4v) is 2.89. The van der Waals surface area contributed by atoms with Crippen molar-refractivity contribution in [3.63, 3.8) is 0 Å². The number of pyridine rings is 1. The lowest BCUT2D eigenvalue weighted by Gasteiger charge is -2.54. The van der Waals surface area contributed by atoms with Crippen molar-refractivity contribution in [3.05, 3.63) is 34.2 Å². The number of carbonyl (C=O) groups excluding carboxylic acids is 1. The van der Waals surface area contributed by atoms with Gasteiger partial charge in [-0.2, -0.15) is 0 Å². The van der Waals surface area contributed by atoms with Crippen LogP contribution in [-0.2, 0) is 4.74 Å². The number of nitrogens with zero attached hydrogens (tertiary/aromatic N) is 1. The van der Waals surface area contributed by atoms with E-state index in [0.717, 1.165) is 6.42 Å². The van der Waals surface area contributed by atoms with E-state index < -0.39 is 0 Å². The second-order valence-electron chi connectivity index (χ2n) is 5.87. The first kappa shape index (κ1) is 14.8. The largest absolute Gasteiger partial charge is 0.378 e. The van der Waals surface area contributed by atoms with Crippen LogP contribution in [0.25, 0.3) is 0 Å². The van der Waals surface area contributed by atoms with Crippen molar-refractivity contribution in [1.29, 1.82) is 0 Å². The van der Waals surface area contributed by atoms with E-state index in [-0.39, 0.29) is 29.0 Å². The molecule has 0 saturated heterocycles. The molecule has 0 bridgehead atoms. The number of ether oxygens (including phenoxy) is 1. The number of H-pyrrole nitrogens is 1. The van der Waals surface area contributed by atoms with Crippen LogP contribution in [0.2, 0.25) is 0 Å². The van der Waals surface area contributed by atoms with Gasteiger partial charge in [-0.25, -0.2) is 0 Å². The quantitative estimate of drug-likeness (QED) is 0.911. The molecule has 1 aromatic heterocycles. The fraction of sp³-hybridized carbons (Fsp3) is 0.600. The Bertz CT molecular complexity index is 530. The molecule has 1 heterocycles. The summed E-state index contributed by atoms with van der Waals surface area (Å²) in [5, 5.41) is 0. The normalized spacial score (nSPS) is 24.0. The standard InChI is InChI=1S/C15H22N2O3/c1-5-20-12-8-11(15(12,2)3)17(4)14(19)10-6-7-13(18)16-9-10/h6-7,9,11-12H,5,8H2,1-4H3,(H,16,18)/t11-,12-/m1/s1. The summed E-state index contributed by atoms with van der Waals surface area (Å²) in [6.45, 7) is 6.92. The highest BCUT2D eigenvalue weighted by atomic mass is 16.5. The molecule has 2 rings (SSSR count). The Labute approximate surface area is 118 Å². The van der Waals surface area contributed by atoms with Crippen molar-refractivity contribution in [2.75, 3.05) is 13.7 Å². The Morgan fingerprint density at radius 2 is 2.20 bits per heavy atom. The molecule has 1 aromatic rings. The predicted molar refractivity (Wildman–Crippen MR) is 76.8 cm³/mol. The fourth-order valence-electron chi connectivity index (χ4n) is 2.89. The first-order valence-electron chi connectivity index (χ1n) is 6.95. The molecule has 1 aliphatic rings. The lowest BCUT2D eigenvalue weighted by atomic mass is 9.63.